The third-order valence-corrected chi connectivity index (χ3v) is 8.79. The maximum Gasteiger partial charge on any atom is 0.326 e. The number of fused-ring (bicyclic) bond motifs is 4. The van der Waals surface area contributed by atoms with Gasteiger partial charge in [0.1, 0.15) is 29.5 Å². The number of hydrogen-bond donors (Lipinski definition) is 2. The fourth-order valence-electron chi connectivity index (χ4n) is 6.09. The lowest BCUT2D eigenvalue weighted by atomic mass is 9.61. The number of esters is 1. The van der Waals surface area contributed by atoms with Crippen molar-refractivity contribution in [3.8, 4) is 11.5 Å². The number of ether oxygens (including phenoxy) is 3. The number of carbonyl (C=O) groups is 3. The zero-order chi connectivity index (χ0) is 31.0. The minimum absolute atomic E-state index is 0.0152. The Morgan fingerprint density at radius 2 is 1.65 bits per heavy atom. The first kappa shape index (κ1) is 31.2. The lowest BCUT2D eigenvalue weighted by Gasteiger charge is -2.54. The fourth-order valence-corrected chi connectivity index (χ4v) is 6.38. The number of carbonyl (C=O) groups excluding carboxylic acids is 3. The lowest BCUT2D eigenvalue weighted by Crippen LogP contribution is -2.65. The molecule has 0 spiro atoms. The zero-order valence-corrected chi connectivity index (χ0v) is 25.9. The predicted octanol–water partition coefficient (Wildman–Crippen LogP) is 5.20. The summed E-state index contributed by atoms with van der Waals surface area (Å²) >= 11 is 11.9. The molecule has 0 unspecified atom stereocenters. The molecule has 9 nitrogen and oxygen atoms in total. The summed E-state index contributed by atoms with van der Waals surface area (Å²) in [6, 6.07) is 9.12. The Hall–Kier alpha value is -3.24. The van der Waals surface area contributed by atoms with E-state index in [4.69, 9.17) is 37.4 Å². The molecule has 43 heavy (non-hydrogen) atoms. The van der Waals surface area contributed by atoms with Crippen molar-refractivity contribution in [1.82, 2.24) is 10.6 Å². The van der Waals surface area contributed by atoms with Crippen LogP contribution in [0.3, 0.4) is 0 Å². The van der Waals surface area contributed by atoms with E-state index in [2.05, 4.69) is 10.6 Å². The summed E-state index contributed by atoms with van der Waals surface area (Å²) in [6.07, 6.45) is 3.35. The van der Waals surface area contributed by atoms with Gasteiger partial charge in [0.05, 0.1) is 17.3 Å². The van der Waals surface area contributed by atoms with Crippen molar-refractivity contribution in [3.05, 3.63) is 52.3 Å². The van der Waals surface area contributed by atoms with E-state index in [0.717, 1.165) is 6.07 Å². The molecule has 3 aliphatic carbocycles. The normalized spacial score (nSPS) is 24.4. The Kier molecular flexibility index (Phi) is 8.73. The van der Waals surface area contributed by atoms with Gasteiger partial charge < -0.3 is 29.7 Å². The second kappa shape index (κ2) is 12.0. The highest BCUT2D eigenvalue weighted by Gasteiger charge is 2.50. The van der Waals surface area contributed by atoms with Gasteiger partial charge in [0, 0.05) is 22.2 Å². The number of nitrogens with one attached hydrogen (secondary N) is 2. The van der Waals surface area contributed by atoms with Crippen LogP contribution < -0.4 is 25.0 Å². The van der Waals surface area contributed by atoms with E-state index < -0.39 is 29.0 Å². The maximum atomic E-state index is 13.7. The molecule has 1 atom stereocenters. The summed E-state index contributed by atoms with van der Waals surface area (Å²) in [5.74, 6) is -0.871. The van der Waals surface area contributed by atoms with Crippen LogP contribution in [0.2, 0.25) is 10.0 Å². The van der Waals surface area contributed by atoms with Gasteiger partial charge in [-0.3, -0.25) is 14.4 Å². The van der Waals surface area contributed by atoms with Gasteiger partial charge in [0.2, 0.25) is 0 Å². The van der Waals surface area contributed by atoms with E-state index in [0.29, 0.717) is 55.0 Å². The first-order chi connectivity index (χ1) is 20.2. The Balaban J connectivity index is 1.17. The largest absolute Gasteiger partial charge is 0.484 e. The molecule has 2 bridgehead atoms. The topological polar surface area (TPSA) is 106 Å². The molecule has 2 aromatic carbocycles. The molecule has 4 aliphatic rings. The summed E-state index contributed by atoms with van der Waals surface area (Å²) < 4.78 is 30.7. The second-order valence-corrected chi connectivity index (χ2v) is 13.5. The van der Waals surface area contributed by atoms with Crippen LogP contribution in [0.15, 0.2) is 36.4 Å². The fraction of sp³-hybridized carbons (Fsp3) is 0.516. The molecule has 2 aromatic rings. The number of rotatable bonds is 8. The highest BCUT2D eigenvalue weighted by atomic mass is 35.5. The van der Waals surface area contributed by atoms with E-state index >= 15 is 0 Å². The van der Waals surface area contributed by atoms with Gasteiger partial charge in [0.25, 0.3) is 11.8 Å². The van der Waals surface area contributed by atoms with Crippen molar-refractivity contribution in [2.45, 2.75) is 82.1 Å². The first-order valence-corrected chi connectivity index (χ1v) is 15.1. The molecule has 2 amide bonds. The third kappa shape index (κ3) is 7.47. The Labute approximate surface area is 260 Å². The van der Waals surface area contributed by atoms with E-state index in [1.54, 1.807) is 43.9 Å². The van der Waals surface area contributed by atoms with Gasteiger partial charge in [0.15, 0.2) is 12.7 Å². The minimum Gasteiger partial charge on any atom is -0.484 e. The van der Waals surface area contributed by atoms with Gasteiger partial charge in [-0.1, -0.05) is 23.2 Å². The van der Waals surface area contributed by atoms with E-state index in [1.807, 2.05) is 0 Å². The van der Waals surface area contributed by atoms with Gasteiger partial charge in [-0.25, -0.2) is 4.39 Å². The van der Waals surface area contributed by atoms with Gasteiger partial charge >= 0.3 is 5.97 Å². The molecule has 0 radical (unpaired) electrons. The van der Waals surface area contributed by atoms with Crippen LogP contribution in [0.1, 0.15) is 59.3 Å². The van der Waals surface area contributed by atoms with E-state index in [-0.39, 0.29) is 47.8 Å². The molecule has 3 fully saturated rings. The third-order valence-electron chi connectivity index (χ3n) is 8.25. The summed E-state index contributed by atoms with van der Waals surface area (Å²) in [5, 5.41) is 6.85. The molecule has 3 saturated carbocycles. The monoisotopic (exact) mass is 635 g/mol. The van der Waals surface area contributed by atoms with Crippen molar-refractivity contribution < 1.29 is 33.0 Å². The molecule has 12 heteroatoms. The SMILES string of the molecule is CC(C)(C)OC(=O)CN1C[C@H](C(=O)NC23CCC(NC(=O)COc4ccc(Cl)c(F)c4)(CC2)CC3)Oc2ccc(Cl)cc21. The highest BCUT2D eigenvalue weighted by Crippen LogP contribution is 2.47. The van der Waals surface area contributed by atoms with Crippen molar-refractivity contribution in [1.29, 1.82) is 0 Å². The summed E-state index contributed by atoms with van der Waals surface area (Å²) in [7, 11) is 0. The number of halogens is 3. The van der Waals surface area contributed by atoms with Crippen LogP contribution in [0.25, 0.3) is 0 Å². The smallest absolute Gasteiger partial charge is 0.326 e. The van der Waals surface area contributed by atoms with Crippen LogP contribution in [0.5, 0.6) is 11.5 Å². The number of anilines is 1. The quantitative estimate of drug-likeness (QED) is 0.384. The van der Waals surface area contributed by atoms with Crippen LogP contribution in [-0.4, -0.2) is 60.3 Å². The standard InChI is InChI=1S/C31H36Cl2FN3O6/c1-29(2,3)43-27(39)17-37-16-25(42-24-7-4-19(32)14-23(24)37)28(40)36-31-11-8-30(9-12-31,10-13-31)35-26(38)18-41-20-5-6-21(33)22(34)15-20/h4-7,14-15,25H,8-13,16-18H2,1-3H3,(H,35,38)(H,36,40)/t25-,30?,31?/m1/s1. The Morgan fingerprint density at radius 1 is 1.00 bits per heavy atom. The number of hydrogen-bond acceptors (Lipinski definition) is 7. The van der Waals surface area contributed by atoms with Crippen molar-refractivity contribution in [2.75, 3.05) is 24.6 Å². The molecular weight excluding hydrogens is 600 g/mol. The number of nitrogens with zero attached hydrogens (tertiary/aromatic N) is 1. The minimum atomic E-state index is -0.839. The molecule has 2 N–H and O–H groups in total. The van der Waals surface area contributed by atoms with Crippen LogP contribution >= 0.6 is 23.2 Å². The first-order valence-electron chi connectivity index (χ1n) is 14.4. The maximum absolute atomic E-state index is 13.7. The van der Waals surface area contributed by atoms with E-state index in [1.165, 1.54) is 12.1 Å². The van der Waals surface area contributed by atoms with Crippen molar-refractivity contribution in [2.24, 2.45) is 0 Å². The number of benzene rings is 2. The number of amides is 2. The zero-order valence-electron chi connectivity index (χ0n) is 24.4. The highest BCUT2D eigenvalue weighted by molar-refractivity contribution is 6.31. The van der Waals surface area contributed by atoms with Gasteiger partial charge in [-0.15, -0.1) is 0 Å². The summed E-state index contributed by atoms with van der Waals surface area (Å²) in [5.41, 5.74) is -0.791. The van der Waals surface area contributed by atoms with Crippen LogP contribution in [0.4, 0.5) is 10.1 Å². The van der Waals surface area contributed by atoms with Gasteiger partial charge in [-0.2, -0.15) is 0 Å². The van der Waals surface area contributed by atoms with Crippen molar-refractivity contribution >= 4 is 46.7 Å². The average molecular weight is 637 g/mol. The average Bonchev–Trinajstić information content (AvgIpc) is 2.93. The molecular formula is C31H36Cl2FN3O6. The Bertz CT molecular complexity index is 1390. The van der Waals surface area contributed by atoms with E-state index in [9.17, 15) is 18.8 Å². The van der Waals surface area contributed by atoms with Crippen molar-refractivity contribution in [3.63, 3.8) is 0 Å². The molecule has 0 aromatic heterocycles. The summed E-state index contributed by atoms with van der Waals surface area (Å²) in [6.45, 7) is 5.27. The lowest BCUT2D eigenvalue weighted by molar-refractivity contribution is -0.153. The van der Waals surface area contributed by atoms with Gasteiger partial charge in [-0.05, 0) is 89.6 Å². The molecule has 1 heterocycles. The molecule has 1 aliphatic heterocycles. The van der Waals surface area contributed by atoms with Crippen LogP contribution in [-0.2, 0) is 19.1 Å². The summed E-state index contributed by atoms with van der Waals surface area (Å²) in [4.78, 5) is 40.7. The Morgan fingerprint density at radius 3 is 2.28 bits per heavy atom. The predicted molar refractivity (Wildman–Crippen MR) is 160 cm³/mol. The molecule has 232 valence electrons. The molecule has 0 saturated heterocycles. The van der Waals surface area contributed by atoms with Crippen LogP contribution in [0, 0.1) is 5.82 Å². The second-order valence-electron chi connectivity index (χ2n) is 12.6. The molecule has 6 rings (SSSR count).